The molecule has 1 atom stereocenters. The molecule has 1 aliphatic heterocycles. The van der Waals surface area contributed by atoms with Gasteiger partial charge in [0.25, 0.3) is 10.0 Å². The van der Waals surface area contributed by atoms with Gasteiger partial charge in [-0.25, -0.2) is 13.4 Å². The fraction of sp³-hybridized carbons (Fsp3) is 0.692. The van der Waals surface area contributed by atoms with Crippen LogP contribution in [-0.2, 0) is 26.6 Å². The number of hydrogen-bond donors (Lipinski definition) is 0. The van der Waals surface area contributed by atoms with E-state index in [0.29, 0.717) is 18.8 Å². The van der Waals surface area contributed by atoms with Gasteiger partial charge in [-0.2, -0.15) is 4.31 Å². The van der Waals surface area contributed by atoms with Gasteiger partial charge >= 0.3 is 5.97 Å². The first-order valence-corrected chi connectivity index (χ1v) is 8.50. The van der Waals surface area contributed by atoms with Crippen LogP contribution >= 0.6 is 0 Å². The van der Waals surface area contributed by atoms with Crippen molar-refractivity contribution in [3.63, 3.8) is 0 Å². The number of piperidine rings is 1. The van der Waals surface area contributed by atoms with Crippen molar-refractivity contribution in [2.45, 2.75) is 44.2 Å². The predicted octanol–water partition coefficient (Wildman–Crippen LogP) is 0.835. The lowest BCUT2D eigenvalue weighted by molar-refractivity contribution is -0.148. The number of hydrogen-bond acceptors (Lipinski definition) is 5. The highest BCUT2D eigenvalue weighted by Gasteiger charge is 2.39. The zero-order valence-electron chi connectivity index (χ0n) is 12.6. The van der Waals surface area contributed by atoms with E-state index in [1.54, 1.807) is 25.5 Å². The first-order valence-electron chi connectivity index (χ1n) is 7.06. The topological polar surface area (TPSA) is 81.5 Å². The van der Waals surface area contributed by atoms with Gasteiger partial charge in [-0.05, 0) is 33.1 Å². The second kappa shape index (κ2) is 6.15. The molecule has 0 bridgehead atoms. The first kappa shape index (κ1) is 16.0. The third kappa shape index (κ3) is 3.11. The van der Waals surface area contributed by atoms with Crippen molar-refractivity contribution >= 4 is 16.0 Å². The molecular weight excluding hydrogens is 294 g/mol. The van der Waals surface area contributed by atoms with Crippen LogP contribution in [0.5, 0.6) is 0 Å². The normalized spacial score (nSPS) is 20.4. The maximum atomic E-state index is 12.7. The molecule has 0 spiro atoms. The minimum Gasteiger partial charge on any atom is -0.465 e. The van der Waals surface area contributed by atoms with E-state index >= 15 is 0 Å². The van der Waals surface area contributed by atoms with Crippen LogP contribution < -0.4 is 0 Å². The molecule has 0 aliphatic carbocycles. The highest BCUT2D eigenvalue weighted by atomic mass is 32.2. The lowest BCUT2D eigenvalue weighted by Gasteiger charge is -2.32. The van der Waals surface area contributed by atoms with Crippen LogP contribution in [0.25, 0.3) is 0 Å². The van der Waals surface area contributed by atoms with E-state index in [1.807, 2.05) is 0 Å². The summed E-state index contributed by atoms with van der Waals surface area (Å²) < 4.78 is 33.3. The summed E-state index contributed by atoms with van der Waals surface area (Å²) in [4.78, 5) is 16.1. The van der Waals surface area contributed by atoms with Gasteiger partial charge in [-0.1, -0.05) is 0 Å². The van der Waals surface area contributed by atoms with E-state index in [1.165, 1.54) is 10.5 Å². The Kier molecular flexibility index (Phi) is 4.67. The third-order valence-corrected chi connectivity index (χ3v) is 5.45. The molecule has 0 aromatic carbocycles. The minimum atomic E-state index is -3.78. The van der Waals surface area contributed by atoms with Crippen LogP contribution in [0.4, 0.5) is 0 Å². The highest BCUT2D eigenvalue weighted by Crippen LogP contribution is 2.25. The van der Waals surface area contributed by atoms with E-state index in [4.69, 9.17) is 4.74 Å². The minimum absolute atomic E-state index is 0.0151. The number of carbonyl (C=O) groups excluding carboxylic acids is 1. The number of rotatable bonds is 4. The quantitative estimate of drug-likeness (QED) is 0.769. The van der Waals surface area contributed by atoms with Gasteiger partial charge in [0.15, 0.2) is 5.03 Å². The Morgan fingerprint density at radius 1 is 1.48 bits per heavy atom. The van der Waals surface area contributed by atoms with E-state index < -0.39 is 22.0 Å². The molecule has 1 aliphatic rings. The summed E-state index contributed by atoms with van der Waals surface area (Å²) in [6.45, 7) is 4.01. The number of ether oxygens (including phenoxy) is 1. The Balaban J connectivity index is 2.33. The number of aryl methyl sites for hydroxylation is 2. The summed E-state index contributed by atoms with van der Waals surface area (Å²) in [5.41, 5.74) is 0. The SMILES string of the molecule is CCOC(=O)C1CCCCN1S(=O)(=O)c1cn(C)c(C)n1. The molecule has 118 valence electrons. The molecule has 0 amide bonds. The summed E-state index contributed by atoms with van der Waals surface area (Å²) in [5.74, 6) is 0.131. The molecule has 1 aromatic heterocycles. The van der Waals surface area contributed by atoms with Gasteiger partial charge < -0.3 is 9.30 Å². The zero-order chi connectivity index (χ0) is 15.6. The second-order valence-corrected chi connectivity index (χ2v) is 6.95. The van der Waals surface area contributed by atoms with Crippen molar-refractivity contribution in [3.05, 3.63) is 12.0 Å². The molecule has 1 unspecified atom stereocenters. The lowest BCUT2D eigenvalue weighted by Crippen LogP contribution is -2.48. The fourth-order valence-electron chi connectivity index (χ4n) is 2.44. The Morgan fingerprint density at radius 2 is 2.19 bits per heavy atom. The van der Waals surface area contributed by atoms with Gasteiger partial charge in [-0.3, -0.25) is 4.79 Å². The number of aromatic nitrogens is 2. The van der Waals surface area contributed by atoms with Gasteiger partial charge in [0, 0.05) is 19.8 Å². The van der Waals surface area contributed by atoms with Crippen LogP contribution in [0, 0.1) is 6.92 Å². The molecule has 1 fully saturated rings. The van der Waals surface area contributed by atoms with Gasteiger partial charge in [-0.15, -0.1) is 0 Å². The Morgan fingerprint density at radius 3 is 2.76 bits per heavy atom. The van der Waals surface area contributed by atoms with E-state index in [-0.39, 0.29) is 11.6 Å². The standard InChI is InChI=1S/C13H21N3O4S/c1-4-20-13(17)11-7-5-6-8-16(11)21(18,19)12-9-15(3)10(2)14-12/h9,11H,4-8H2,1-3H3. The van der Waals surface area contributed by atoms with Crippen molar-refractivity contribution in [1.29, 1.82) is 0 Å². The van der Waals surface area contributed by atoms with Crippen LogP contribution in [0.15, 0.2) is 11.2 Å². The van der Waals surface area contributed by atoms with Crippen LogP contribution in [-0.4, -0.2) is 47.4 Å². The average molecular weight is 315 g/mol. The summed E-state index contributed by atoms with van der Waals surface area (Å²) >= 11 is 0. The molecule has 7 nitrogen and oxygen atoms in total. The maximum Gasteiger partial charge on any atom is 0.324 e. The Labute approximate surface area is 125 Å². The summed E-state index contributed by atoms with van der Waals surface area (Å²) in [6, 6.07) is -0.744. The van der Waals surface area contributed by atoms with Crippen LogP contribution in [0.2, 0.25) is 0 Å². The van der Waals surface area contributed by atoms with E-state index in [9.17, 15) is 13.2 Å². The van der Waals surface area contributed by atoms with Crippen molar-refractivity contribution < 1.29 is 17.9 Å². The molecule has 0 N–H and O–H groups in total. The van der Waals surface area contributed by atoms with Gasteiger partial charge in [0.2, 0.25) is 0 Å². The number of sulfonamides is 1. The first-order chi connectivity index (χ1) is 9.87. The lowest BCUT2D eigenvalue weighted by atomic mass is 10.1. The Hall–Kier alpha value is -1.41. The Bertz CT molecular complexity index is 604. The molecule has 1 aromatic rings. The number of carbonyl (C=O) groups is 1. The zero-order valence-corrected chi connectivity index (χ0v) is 13.4. The number of esters is 1. The third-order valence-electron chi connectivity index (χ3n) is 3.67. The summed E-state index contributed by atoms with van der Waals surface area (Å²) in [5, 5.41) is -0.0151. The molecule has 0 radical (unpaired) electrons. The van der Waals surface area contributed by atoms with Crippen LogP contribution in [0.1, 0.15) is 32.0 Å². The van der Waals surface area contributed by atoms with Crippen molar-refractivity contribution in [2.75, 3.05) is 13.2 Å². The molecule has 21 heavy (non-hydrogen) atoms. The van der Waals surface area contributed by atoms with Crippen LogP contribution in [0.3, 0.4) is 0 Å². The van der Waals surface area contributed by atoms with E-state index in [2.05, 4.69) is 4.98 Å². The number of imidazole rings is 1. The van der Waals surface area contributed by atoms with Gasteiger partial charge in [0.1, 0.15) is 11.9 Å². The molecule has 8 heteroatoms. The molecular formula is C13H21N3O4S. The van der Waals surface area contributed by atoms with E-state index in [0.717, 1.165) is 12.8 Å². The molecule has 1 saturated heterocycles. The van der Waals surface area contributed by atoms with Gasteiger partial charge in [0.05, 0.1) is 6.61 Å². The molecule has 0 saturated carbocycles. The average Bonchev–Trinajstić information content (AvgIpc) is 2.80. The monoisotopic (exact) mass is 315 g/mol. The van der Waals surface area contributed by atoms with Crippen molar-refractivity contribution in [3.8, 4) is 0 Å². The second-order valence-electron chi connectivity index (χ2n) is 5.12. The summed E-state index contributed by atoms with van der Waals surface area (Å²) in [7, 11) is -2.04. The predicted molar refractivity (Wildman–Crippen MR) is 76.1 cm³/mol. The largest absolute Gasteiger partial charge is 0.465 e. The number of nitrogens with zero attached hydrogens (tertiary/aromatic N) is 3. The molecule has 2 heterocycles. The van der Waals surface area contributed by atoms with Crippen molar-refractivity contribution in [1.82, 2.24) is 13.9 Å². The highest BCUT2D eigenvalue weighted by molar-refractivity contribution is 7.89. The smallest absolute Gasteiger partial charge is 0.324 e. The molecule has 2 rings (SSSR count). The fourth-order valence-corrected chi connectivity index (χ4v) is 4.11. The van der Waals surface area contributed by atoms with Crippen molar-refractivity contribution in [2.24, 2.45) is 7.05 Å². The summed E-state index contributed by atoms with van der Waals surface area (Å²) in [6.07, 6.45) is 3.52. The maximum absolute atomic E-state index is 12.7.